The van der Waals surface area contributed by atoms with Crippen molar-refractivity contribution in [2.45, 2.75) is 57.0 Å². The molecular weight excluding hydrogens is 570 g/mol. The Balaban J connectivity index is 1.17. The smallest absolute Gasteiger partial charge is 0.398 e. The van der Waals surface area contributed by atoms with Crippen LogP contribution in [0, 0.1) is 6.92 Å². The Labute approximate surface area is 252 Å². The first kappa shape index (κ1) is 28.6. The van der Waals surface area contributed by atoms with E-state index in [1.165, 1.54) is 0 Å². The molecule has 1 saturated heterocycles. The van der Waals surface area contributed by atoms with Gasteiger partial charge in [0.25, 0.3) is 5.91 Å². The zero-order valence-electron chi connectivity index (χ0n) is 25.0. The molecule has 2 N–H and O–H groups in total. The molecule has 7 rings (SSSR count). The number of nitrogens with one attached hydrogen (secondary N) is 2. The van der Waals surface area contributed by atoms with E-state index in [4.69, 9.17) is 9.31 Å². The number of anilines is 2. The van der Waals surface area contributed by atoms with Crippen LogP contribution in [-0.2, 0) is 27.4 Å². The first-order chi connectivity index (χ1) is 20.8. The zero-order valence-corrected chi connectivity index (χ0v) is 25.0. The number of alkyl halides is 3. The number of nitrogens with zero attached hydrogens (tertiary/aromatic N) is 3. The fourth-order valence-electron chi connectivity index (χ4n) is 7.10. The lowest BCUT2D eigenvalue weighted by Gasteiger charge is -2.29. The quantitative estimate of drug-likeness (QED) is 0.330. The lowest BCUT2D eigenvalue weighted by Crippen LogP contribution is -2.42. The van der Waals surface area contributed by atoms with Crippen LogP contribution in [0.5, 0.6) is 0 Å². The number of benzene rings is 2. The summed E-state index contributed by atoms with van der Waals surface area (Å²) in [5.41, 5.74) is 2.30. The Morgan fingerprint density at radius 1 is 1.07 bits per heavy atom. The summed E-state index contributed by atoms with van der Waals surface area (Å²) in [6.07, 6.45) is -3.61. The Morgan fingerprint density at radius 3 is 2.52 bits per heavy atom. The molecule has 12 heteroatoms. The molecule has 4 heterocycles. The van der Waals surface area contributed by atoms with Crippen LogP contribution in [0.1, 0.15) is 48.0 Å². The Kier molecular flexibility index (Phi) is 6.13. The molecule has 44 heavy (non-hydrogen) atoms. The highest BCUT2D eigenvalue weighted by atomic mass is 19.4. The molecule has 8 nitrogen and oxygen atoms in total. The number of rotatable bonds is 4. The number of hydrogen-bond donors (Lipinski definition) is 2. The van der Waals surface area contributed by atoms with Gasteiger partial charge in [0, 0.05) is 37.6 Å². The molecule has 2 unspecified atom stereocenters. The first-order valence-corrected chi connectivity index (χ1v) is 14.5. The molecule has 2 aromatic rings. The molecule has 1 aromatic carbocycles. The number of pyridine rings is 2. The van der Waals surface area contributed by atoms with Crippen LogP contribution < -0.4 is 21.5 Å². The van der Waals surface area contributed by atoms with Gasteiger partial charge in [0.15, 0.2) is 0 Å². The van der Waals surface area contributed by atoms with E-state index in [2.05, 4.69) is 64.1 Å². The number of halogens is 3. The predicted molar refractivity (Wildman–Crippen MR) is 161 cm³/mol. The third-order valence-corrected chi connectivity index (χ3v) is 10.1. The summed E-state index contributed by atoms with van der Waals surface area (Å²) < 4.78 is 55.3. The van der Waals surface area contributed by atoms with Gasteiger partial charge in [0.05, 0.1) is 33.2 Å². The highest BCUT2D eigenvalue weighted by Gasteiger charge is 2.88. The van der Waals surface area contributed by atoms with E-state index >= 15 is 0 Å². The van der Waals surface area contributed by atoms with Gasteiger partial charge in [-0.1, -0.05) is 17.7 Å². The van der Waals surface area contributed by atoms with Gasteiger partial charge >= 0.3 is 13.3 Å². The Hall–Kier alpha value is -4.16. The van der Waals surface area contributed by atoms with Crippen LogP contribution in [0.3, 0.4) is 0 Å². The minimum Gasteiger partial charge on any atom is -0.398 e. The van der Waals surface area contributed by atoms with Crippen molar-refractivity contribution in [3.63, 3.8) is 0 Å². The predicted octanol–water partition coefficient (Wildman–Crippen LogP) is 4.75. The molecule has 2 atom stereocenters. The number of aromatic nitrogens is 2. The van der Waals surface area contributed by atoms with Gasteiger partial charge in [-0.3, -0.25) is 14.8 Å². The highest BCUT2D eigenvalue weighted by molar-refractivity contribution is 6.63. The number of aryl methyl sites for hydroxylation is 1. The third-order valence-electron chi connectivity index (χ3n) is 10.1. The lowest BCUT2D eigenvalue weighted by atomic mass is 9.74. The van der Waals surface area contributed by atoms with Gasteiger partial charge in [0.1, 0.15) is 11.5 Å². The normalized spacial score (nSPS) is 26.0. The van der Waals surface area contributed by atoms with Crippen molar-refractivity contribution in [1.29, 1.82) is 0 Å². The number of carbonyl (C=O) groups excluding carboxylic acids is 1. The maximum atomic E-state index is 13.2. The molecule has 0 bridgehead atoms. The number of amides is 1. The van der Waals surface area contributed by atoms with Gasteiger partial charge in [-0.15, -0.1) is 0 Å². The minimum atomic E-state index is -4.58. The molecule has 1 aromatic heterocycles. The van der Waals surface area contributed by atoms with Crippen LogP contribution >= 0.6 is 0 Å². The van der Waals surface area contributed by atoms with Crippen molar-refractivity contribution in [3.05, 3.63) is 88.5 Å². The molecule has 3 aliphatic heterocycles. The molecular formula is C32H31BF3N5O3. The van der Waals surface area contributed by atoms with Crippen LogP contribution in [0.4, 0.5) is 24.7 Å². The summed E-state index contributed by atoms with van der Waals surface area (Å²) in [6.45, 7) is 9.90. The largest absolute Gasteiger partial charge is 0.495 e. The van der Waals surface area contributed by atoms with E-state index in [1.54, 1.807) is 19.2 Å². The minimum absolute atomic E-state index is 0.331. The van der Waals surface area contributed by atoms with Crippen molar-refractivity contribution in [2.75, 3.05) is 24.2 Å². The molecule has 0 radical (unpaired) electrons. The van der Waals surface area contributed by atoms with Crippen molar-refractivity contribution >= 4 is 30.0 Å². The van der Waals surface area contributed by atoms with E-state index in [1.807, 2.05) is 19.1 Å². The van der Waals surface area contributed by atoms with Crippen LogP contribution in [0.2, 0.25) is 0 Å². The fourth-order valence-corrected chi connectivity index (χ4v) is 7.10. The number of fused-ring (bicyclic) bond motifs is 4. The van der Waals surface area contributed by atoms with Gasteiger partial charge in [-0.05, 0) is 81.2 Å². The fraction of sp³-hybridized carbons (Fsp3) is 0.344. The second-order valence-corrected chi connectivity index (χ2v) is 12.2. The molecule has 1 saturated carbocycles. The third kappa shape index (κ3) is 3.90. The molecule has 0 spiro atoms. The summed E-state index contributed by atoms with van der Waals surface area (Å²) in [6, 6.07) is 15.2. The van der Waals surface area contributed by atoms with E-state index in [0.29, 0.717) is 5.69 Å². The maximum absolute atomic E-state index is 13.2. The van der Waals surface area contributed by atoms with Gasteiger partial charge in [-0.2, -0.15) is 13.2 Å². The summed E-state index contributed by atoms with van der Waals surface area (Å²) >= 11 is 0. The van der Waals surface area contributed by atoms with Gasteiger partial charge in [0.2, 0.25) is 0 Å². The summed E-state index contributed by atoms with van der Waals surface area (Å²) in [5.74, 6) is 0.307. The van der Waals surface area contributed by atoms with E-state index in [9.17, 15) is 18.0 Å². The number of hydrogen-bond acceptors (Lipinski definition) is 6. The van der Waals surface area contributed by atoms with Crippen molar-refractivity contribution in [3.8, 4) is 11.3 Å². The molecule has 1 amide bonds. The summed E-state index contributed by atoms with van der Waals surface area (Å²) in [4.78, 5) is 21.0. The van der Waals surface area contributed by atoms with Crippen molar-refractivity contribution in [2.24, 2.45) is 4.99 Å². The molecule has 2 aliphatic carbocycles. The average molecular weight is 601 g/mol. The molecule has 2 fully saturated rings. The van der Waals surface area contributed by atoms with Crippen LogP contribution in [0.25, 0.3) is 11.3 Å². The van der Waals surface area contributed by atoms with E-state index < -0.39 is 41.4 Å². The van der Waals surface area contributed by atoms with Crippen molar-refractivity contribution in [1.82, 2.24) is 9.55 Å². The lowest BCUT2D eigenvalue weighted by molar-refractivity contribution is -0.137. The maximum Gasteiger partial charge on any atom is 0.495 e. The topological polar surface area (TPSA) is 89.8 Å². The zero-order chi connectivity index (χ0) is 31.2. The molecule has 5 aliphatic rings. The standard InChI is InChI=1S/C32H31BF3N5O3/c1-18-6-8-22(40-28(42)25-15-20(10-11-38-25)32(34,35)36)16-24(18)33-43-30(3)29(2,31(30,4)44-33)23-14-19-7-9-21(37-5)17-26(19)41-13-12-39-27(23)41/h6-11,14-17,39H,12-13H2,1-5H3,(H,40,42). The van der Waals surface area contributed by atoms with Crippen LogP contribution in [-0.4, -0.2) is 47.4 Å². The SMILES string of the molecule is CN=c1ccc2cc(C3(C)C4(C)OB(c5cc(NC(=O)c6cc(C(F)(F)F)ccn6)ccc5C)OC43C)c3n(c-2c1)CCN3. The van der Waals surface area contributed by atoms with Crippen LogP contribution in [0.15, 0.2) is 65.8 Å². The van der Waals surface area contributed by atoms with Gasteiger partial charge < -0.3 is 24.5 Å². The first-order valence-electron chi connectivity index (χ1n) is 14.5. The van der Waals surface area contributed by atoms with Gasteiger partial charge in [-0.25, -0.2) is 0 Å². The number of carbonyl (C=O) groups is 1. The van der Waals surface area contributed by atoms with Crippen molar-refractivity contribution < 1.29 is 27.3 Å². The summed E-state index contributed by atoms with van der Waals surface area (Å²) in [7, 11) is 1.08. The van der Waals surface area contributed by atoms with E-state index in [-0.39, 0.29) is 5.69 Å². The highest BCUT2D eigenvalue weighted by Crippen LogP contribution is 2.74. The molecule has 226 valence electrons. The second-order valence-electron chi connectivity index (χ2n) is 12.2. The average Bonchev–Trinajstić information content (AvgIpc) is 3.43. The Morgan fingerprint density at radius 2 is 1.82 bits per heavy atom. The monoisotopic (exact) mass is 601 g/mol. The second kappa shape index (κ2) is 9.42. The Bertz CT molecular complexity index is 1870. The van der Waals surface area contributed by atoms with E-state index in [0.717, 1.165) is 70.4 Å². The summed E-state index contributed by atoms with van der Waals surface area (Å²) in [5, 5.41) is 7.18.